The quantitative estimate of drug-likeness (QED) is 0.791. The molecule has 0 saturated carbocycles. The van der Waals surface area contributed by atoms with Crippen LogP contribution in [-0.4, -0.2) is 46.3 Å². The molecule has 2 amide bonds. The fourth-order valence-corrected chi connectivity index (χ4v) is 2.11. The third kappa shape index (κ3) is 3.04. The summed E-state index contributed by atoms with van der Waals surface area (Å²) < 4.78 is 0. The zero-order valence-electron chi connectivity index (χ0n) is 11.9. The van der Waals surface area contributed by atoms with Gasteiger partial charge >= 0.3 is 0 Å². The Bertz CT molecular complexity index is 531. The Morgan fingerprint density at radius 3 is 2.85 bits per heavy atom. The maximum atomic E-state index is 12.0. The van der Waals surface area contributed by atoms with Crippen LogP contribution in [-0.2, 0) is 9.59 Å². The summed E-state index contributed by atoms with van der Waals surface area (Å²) in [4.78, 5) is 33.2. The number of piperidine rings is 1. The van der Waals surface area contributed by atoms with Gasteiger partial charge in [0.25, 0.3) is 5.91 Å². The van der Waals surface area contributed by atoms with E-state index >= 15 is 0 Å². The number of likely N-dealkylation sites (tertiary alicyclic amines) is 1. The lowest BCUT2D eigenvalue weighted by Crippen LogP contribution is -2.48. The van der Waals surface area contributed by atoms with E-state index < -0.39 is 6.04 Å². The number of nitrogens with one attached hydrogen (secondary N) is 2. The van der Waals surface area contributed by atoms with Crippen molar-refractivity contribution in [1.29, 1.82) is 0 Å². The van der Waals surface area contributed by atoms with E-state index in [-0.39, 0.29) is 11.8 Å². The standard InChI is InChI=1S/C13H19N5O2/c1-4-14-13-15-8(2)7-10(17-13)16-9-5-6-11(19)18(3)12(9)20/h7,9H,4-6H2,1-3H3,(H2,14,15,16,17). The molecule has 2 rings (SSSR count). The molecule has 7 nitrogen and oxygen atoms in total. The molecule has 1 aliphatic rings. The summed E-state index contributed by atoms with van der Waals surface area (Å²) in [5, 5.41) is 6.13. The number of hydrogen-bond acceptors (Lipinski definition) is 6. The van der Waals surface area contributed by atoms with Crippen LogP contribution in [0.3, 0.4) is 0 Å². The Morgan fingerprint density at radius 1 is 1.40 bits per heavy atom. The minimum Gasteiger partial charge on any atom is -0.358 e. The van der Waals surface area contributed by atoms with Crippen molar-refractivity contribution < 1.29 is 9.59 Å². The predicted molar refractivity (Wildman–Crippen MR) is 75.4 cm³/mol. The molecule has 0 radical (unpaired) electrons. The number of hydrogen-bond donors (Lipinski definition) is 2. The Labute approximate surface area is 117 Å². The van der Waals surface area contributed by atoms with Crippen molar-refractivity contribution in [2.24, 2.45) is 0 Å². The zero-order chi connectivity index (χ0) is 14.7. The van der Waals surface area contributed by atoms with Gasteiger partial charge in [-0.05, 0) is 20.3 Å². The van der Waals surface area contributed by atoms with Gasteiger partial charge in [0.1, 0.15) is 11.9 Å². The number of rotatable bonds is 4. The van der Waals surface area contributed by atoms with Crippen LogP contribution in [0.25, 0.3) is 0 Å². The molecule has 108 valence electrons. The van der Waals surface area contributed by atoms with E-state index in [1.807, 2.05) is 13.8 Å². The summed E-state index contributed by atoms with van der Waals surface area (Å²) in [5.74, 6) is 0.764. The summed E-state index contributed by atoms with van der Waals surface area (Å²) in [5.41, 5.74) is 0.811. The fraction of sp³-hybridized carbons (Fsp3) is 0.538. The molecule has 1 aliphatic heterocycles. The number of amides is 2. The molecule has 1 unspecified atom stereocenters. The summed E-state index contributed by atoms with van der Waals surface area (Å²) in [6.45, 7) is 4.55. The van der Waals surface area contributed by atoms with Gasteiger partial charge in [-0.2, -0.15) is 4.98 Å². The van der Waals surface area contributed by atoms with Gasteiger partial charge in [0, 0.05) is 31.8 Å². The number of likely N-dealkylation sites (N-methyl/N-ethyl adjacent to an activating group) is 1. The molecule has 1 fully saturated rings. The molecule has 2 N–H and O–H groups in total. The molecule has 1 aromatic heterocycles. The average Bonchev–Trinajstić information content (AvgIpc) is 2.39. The van der Waals surface area contributed by atoms with Gasteiger partial charge in [0.2, 0.25) is 11.9 Å². The molecule has 1 saturated heterocycles. The van der Waals surface area contributed by atoms with Crippen molar-refractivity contribution in [3.8, 4) is 0 Å². The van der Waals surface area contributed by atoms with Crippen molar-refractivity contribution in [2.75, 3.05) is 24.2 Å². The van der Waals surface area contributed by atoms with Crippen LogP contribution in [0.15, 0.2) is 6.07 Å². The van der Waals surface area contributed by atoms with E-state index in [0.29, 0.717) is 24.6 Å². The molecule has 0 aliphatic carbocycles. The molecular formula is C13H19N5O2. The highest BCUT2D eigenvalue weighted by Gasteiger charge is 2.31. The Balaban J connectivity index is 2.13. The number of imide groups is 1. The first kappa shape index (κ1) is 14.2. The number of carbonyl (C=O) groups excluding carboxylic acids is 2. The summed E-state index contributed by atoms with van der Waals surface area (Å²) >= 11 is 0. The van der Waals surface area contributed by atoms with E-state index in [1.165, 1.54) is 11.9 Å². The Kier molecular flexibility index (Phi) is 4.16. The smallest absolute Gasteiger partial charge is 0.251 e. The number of nitrogens with zero attached hydrogens (tertiary/aromatic N) is 3. The second-order valence-electron chi connectivity index (χ2n) is 4.78. The first-order valence-electron chi connectivity index (χ1n) is 6.67. The number of aryl methyl sites for hydroxylation is 1. The largest absolute Gasteiger partial charge is 0.358 e. The van der Waals surface area contributed by atoms with Gasteiger partial charge < -0.3 is 10.6 Å². The first-order chi connectivity index (χ1) is 9.51. The maximum absolute atomic E-state index is 12.0. The molecule has 0 aromatic carbocycles. The molecular weight excluding hydrogens is 258 g/mol. The monoisotopic (exact) mass is 277 g/mol. The molecule has 0 bridgehead atoms. The number of aromatic nitrogens is 2. The van der Waals surface area contributed by atoms with Crippen LogP contribution in [0.2, 0.25) is 0 Å². The second kappa shape index (κ2) is 5.85. The van der Waals surface area contributed by atoms with Gasteiger partial charge in [-0.3, -0.25) is 14.5 Å². The molecule has 20 heavy (non-hydrogen) atoms. The lowest BCUT2D eigenvalue weighted by molar-refractivity contribution is -0.146. The van der Waals surface area contributed by atoms with E-state index in [9.17, 15) is 9.59 Å². The fourth-order valence-electron chi connectivity index (χ4n) is 2.11. The molecule has 1 atom stereocenters. The van der Waals surface area contributed by atoms with Crippen LogP contribution in [0.5, 0.6) is 0 Å². The van der Waals surface area contributed by atoms with Crippen molar-refractivity contribution in [1.82, 2.24) is 14.9 Å². The van der Waals surface area contributed by atoms with Gasteiger partial charge in [0.05, 0.1) is 0 Å². The third-order valence-corrected chi connectivity index (χ3v) is 3.16. The lowest BCUT2D eigenvalue weighted by Gasteiger charge is -2.28. The number of carbonyl (C=O) groups is 2. The minimum atomic E-state index is -0.415. The summed E-state index contributed by atoms with van der Waals surface area (Å²) in [7, 11) is 1.51. The topological polar surface area (TPSA) is 87.2 Å². The minimum absolute atomic E-state index is 0.139. The third-order valence-electron chi connectivity index (χ3n) is 3.16. The van der Waals surface area contributed by atoms with E-state index in [2.05, 4.69) is 20.6 Å². The summed E-state index contributed by atoms with van der Waals surface area (Å²) in [6, 6.07) is 1.37. The molecule has 2 heterocycles. The van der Waals surface area contributed by atoms with Gasteiger partial charge in [0.15, 0.2) is 0 Å². The summed E-state index contributed by atoms with van der Waals surface area (Å²) in [6.07, 6.45) is 0.853. The molecule has 7 heteroatoms. The van der Waals surface area contributed by atoms with Crippen LogP contribution in [0, 0.1) is 6.92 Å². The first-order valence-corrected chi connectivity index (χ1v) is 6.67. The van der Waals surface area contributed by atoms with E-state index in [4.69, 9.17) is 0 Å². The lowest BCUT2D eigenvalue weighted by atomic mass is 10.0. The van der Waals surface area contributed by atoms with Crippen LogP contribution in [0.4, 0.5) is 11.8 Å². The molecule has 0 spiro atoms. The van der Waals surface area contributed by atoms with Gasteiger partial charge in [-0.25, -0.2) is 4.98 Å². The van der Waals surface area contributed by atoms with Crippen LogP contribution >= 0.6 is 0 Å². The van der Waals surface area contributed by atoms with Gasteiger partial charge in [-0.1, -0.05) is 0 Å². The Morgan fingerprint density at radius 2 is 2.15 bits per heavy atom. The van der Waals surface area contributed by atoms with Crippen molar-refractivity contribution >= 4 is 23.6 Å². The highest BCUT2D eigenvalue weighted by Crippen LogP contribution is 2.17. The second-order valence-corrected chi connectivity index (χ2v) is 4.78. The highest BCUT2D eigenvalue weighted by molar-refractivity contribution is 6.01. The highest BCUT2D eigenvalue weighted by atomic mass is 16.2. The van der Waals surface area contributed by atoms with E-state index in [0.717, 1.165) is 12.2 Å². The molecule has 1 aromatic rings. The van der Waals surface area contributed by atoms with Crippen LogP contribution in [0.1, 0.15) is 25.5 Å². The van der Waals surface area contributed by atoms with Crippen LogP contribution < -0.4 is 10.6 Å². The normalized spacial score (nSPS) is 19.1. The van der Waals surface area contributed by atoms with Crippen molar-refractivity contribution in [3.05, 3.63) is 11.8 Å². The maximum Gasteiger partial charge on any atom is 0.251 e. The predicted octanol–water partition coefficient (Wildman–Crippen LogP) is 0.776. The van der Waals surface area contributed by atoms with Crippen molar-refractivity contribution in [2.45, 2.75) is 32.7 Å². The van der Waals surface area contributed by atoms with Gasteiger partial charge in [-0.15, -0.1) is 0 Å². The van der Waals surface area contributed by atoms with Crippen molar-refractivity contribution in [3.63, 3.8) is 0 Å². The Hall–Kier alpha value is -2.18. The number of anilines is 2. The zero-order valence-corrected chi connectivity index (χ0v) is 11.9. The SMILES string of the molecule is CCNc1nc(C)cc(NC2CCC(=O)N(C)C2=O)n1. The van der Waals surface area contributed by atoms with E-state index in [1.54, 1.807) is 6.07 Å². The average molecular weight is 277 g/mol.